The number of nitrogens with zero attached hydrogens (tertiary/aromatic N) is 2. The second kappa shape index (κ2) is 7.67. The maximum Gasteiger partial charge on any atom is 0.322 e. The molecule has 2 aromatic rings. The van der Waals surface area contributed by atoms with Crippen LogP contribution in [0.4, 0.5) is 10.1 Å². The Bertz CT molecular complexity index is 681. The van der Waals surface area contributed by atoms with Crippen molar-refractivity contribution in [3.05, 3.63) is 41.5 Å². The second-order valence-corrected chi connectivity index (χ2v) is 5.24. The SMILES string of the molecule is CCCCC(=O)Nc1c(C)nc(Oc2ccccc2F)nc1C. The van der Waals surface area contributed by atoms with E-state index >= 15 is 0 Å². The van der Waals surface area contributed by atoms with E-state index in [4.69, 9.17) is 4.74 Å². The first-order valence-electron chi connectivity index (χ1n) is 7.58. The van der Waals surface area contributed by atoms with Crippen LogP contribution in [0, 0.1) is 19.7 Å². The fourth-order valence-electron chi connectivity index (χ4n) is 2.08. The molecule has 23 heavy (non-hydrogen) atoms. The van der Waals surface area contributed by atoms with Crippen LogP contribution in [0.25, 0.3) is 0 Å². The van der Waals surface area contributed by atoms with Gasteiger partial charge < -0.3 is 10.1 Å². The molecule has 122 valence electrons. The van der Waals surface area contributed by atoms with Crippen LogP contribution in [-0.2, 0) is 4.79 Å². The quantitative estimate of drug-likeness (QED) is 0.869. The number of anilines is 1. The number of ether oxygens (including phenoxy) is 1. The van der Waals surface area contributed by atoms with Gasteiger partial charge in [0.2, 0.25) is 5.91 Å². The summed E-state index contributed by atoms with van der Waals surface area (Å²) >= 11 is 0. The number of benzene rings is 1. The molecule has 1 aromatic carbocycles. The van der Waals surface area contributed by atoms with Gasteiger partial charge in [-0.1, -0.05) is 25.5 Å². The number of unbranched alkanes of at least 4 members (excludes halogenated alkanes) is 1. The van der Waals surface area contributed by atoms with Crippen LogP contribution < -0.4 is 10.1 Å². The number of amides is 1. The molecule has 1 heterocycles. The van der Waals surface area contributed by atoms with Gasteiger partial charge in [-0.3, -0.25) is 4.79 Å². The number of para-hydroxylation sites is 1. The normalized spacial score (nSPS) is 10.4. The number of rotatable bonds is 6. The molecule has 0 radical (unpaired) electrons. The average molecular weight is 317 g/mol. The molecule has 5 nitrogen and oxygen atoms in total. The molecule has 0 fully saturated rings. The maximum absolute atomic E-state index is 13.6. The summed E-state index contributed by atoms with van der Waals surface area (Å²) < 4.78 is 19.0. The van der Waals surface area contributed by atoms with Gasteiger partial charge in [0.05, 0.1) is 17.1 Å². The molecule has 2 rings (SSSR count). The van der Waals surface area contributed by atoms with Crippen molar-refractivity contribution >= 4 is 11.6 Å². The highest BCUT2D eigenvalue weighted by Crippen LogP contribution is 2.25. The first kappa shape index (κ1) is 16.9. The molecule has 0 bridgehead atoms. The van der Waals surface area contributed by atoms with E-state index in [1.54, 1.807) is 26.0 Å². The van der Waals surface area contributed by atoms with Crippen molar-refractivity contribution < 1.29 is 13.9 Å². The molecule has 0 aliphatic carbocycles. The summed E-state index contributed by atoms with van der Waals surface area (Å²) in [5, 5.41) is 2.82. The molecule has 1 N–H and O–H groups in total. The van der Waals surface area contributed by atoms with E-state index < -0.39 is 5.82 Å². The van der Waals surface area contributed by atoms with Crippen molar-refractivity contribution in [1.29, 1.82) is 0 Å². The lowest BCUT2D eigenvalue weighted by Gasteiger charge is -2.12. The lowest BCUT2D eigenvalue weighted by atomic mass is 10.2. The predicted molar refractivity (Wildman–Crippen MR) is 86.1 cm³/mol. The Morgan fingerprint density at radius 2 is 1.87 bits per heavy atom. The van der Waals surface area contributed by atoms with Gasteiger partial charge in [-0.15, -0.1) is 0 Å². The van der Waals surface area contributed by atoms with Gasteiger partial charge in [-0.25, -0.2) is 4.39 Å². The van der Waals surface area contributed by atoms with Crippen LogP contribution in [0.1, 0.15) is 37.6 Å². The zero-order valence-corrected chi connectivity index (χ0v) is 13.5. The first-order chi connectivity index (χ1) is 11.0. The summed E-state index contributed by atoms with van der Waals surface area (Å²) in [6, 6.07) is 6.10. The number of carbonyl (C=O) groups excluding carboxylic acids is 1. The lowest BCUT2D eigenvalue weighted by molar-refractivity contribution is -0.116. The van der Waals surface area contributed by atoms with E-state index in [-0.39, 0.29) is 17.7 Å². The third kappa shape index (κ3) is 4.48. The van der Waals surface area contributed by atoms with Crippen molar-refractivity contribution in [2.24, 2.45) is 0 Å². The third-order valence-electron chi connectivity index (χ3n) is 3.31. The van der Waals surface area contributed by atoms with Gasteiger partial charge in [-0.05, 0) is 32.4 Å². The fraction of sp³-hybridized carbons (Fsp3) is 0.353. The zero-order valence-electron chi connectivity index (χ0n) is 13.5. The summed E-state index contributed by atoms with van der Waals surface area (Å²) in [6.45, 7) is 5.53. The van der Waals surface area contributed by atoms with Crippen molar-refractivity contribution in [3.8, 4) is 11.8 Å². The minimum atomic E-state index is -0.483. The second-order valence-electron chi connectivity index (χ2n) is 5.24. The minimum Gasteiger partial charge on any atom is -0.421 e. The van der Waals surface area contributed by atoms with Gasteiger partial charge in [0.1, 0.15) is 0 Å². The van der Waals surface area contributed by atoms with Crippen molar-refractivity contribution in [3.63, 3.8) is 0 Å². The Balaban J connectivity index is 2.17. The van der Waals surface area contributed by atoms with E-state index in [1.165, 1.54) is 12.1 Å². The van der Waals surface area contributed by atoms with Gasteiger partial charge in [0.25, 0.3) is 0 Å². The fourth-order valence-corrected chi connectivity index (χ4v) is 2.08. The average Bonchev–Trinajstić information content (AvgIpc) is 2.51. The monoisotopic (exact) mass is 317 g/mol. The standard InChI is InChI=1S/C17H20FN3O2/c1-4-5-10-15(22)21-16-11(2)19-17(20-12(16)3)23-14-9-7-6-8-13(14)18/h6-9H,4-5,10H2,1-3H3,(H,21,22). The van der Waals surface area contributed by atoms with Crippen LogP contribution in [-0.4, -0.2) is 15.9 Å². The molecule has 0 atom stereocenters. The Kier molecular flexibility index (Phi) is 5.62. The summed E-state index contributed by atoms with van der Waals surface area (Å²) in [5.74, 6) is -0.487. The highest BCUT2D eigenvalue weighted by Gasteiger charge is 2.13. The molecular weight excluding hydrogens is 297 g/mol. The third-order valence-corrected chi connectivity index (χ3v) is 3.31. The molecule has 0 spiro atoms. The molecule has 0 saturated carbocycles. The maximum atomic E-state index is 13.6. The van der Waals surface area contributed by atoms with E-state index in [9.17, 15) is 9.18 Å². The van der Waals surface area contributed by atoms with E-state index in [1.807, 2.05) is 6.92 Å². The smallest absolute Gasteiger partial charge is 0.322 e. The molecule has 0 aliphatic rings. The Morgan fingerprint density at radius 3 is 2.48 bits per heavy atom. The topological polar surface area (TPSA) is 64.1 Å². The molecule has 0 saturated heterocycles. The predicted octanol–water partition coefficient (Wildman–Crippen LogP) is 4.15. The van der Waals surface area contributed by atoms with Crippen LogP contribution in [0.15, 0.2) is 24.3 Å². The number of hydrogen-bond donors (Lipinski definition) is 1. The highest BCUT2D eigenvalue weighted by atomic mass is 19.1. The minimum absolute atomic E-state index is 0.0525. The summed E-state index contributed by atoms with van der Waals surface area (Å²) in [5.41, 5.74) is 1.73. The number of halogens is 1. The first-order valence-corrected chi connectivity index (χ1v) is 7.58. The van der Waals surface area contributed by atoms with Crippen LogP contribution in [0.2, 0.25) is 0 Å². The van der Waals surface area contributed by atoms with Gasteiger partial charge in [-0.2, -0.15) is 9.97 Å². The summed E-state index contributed by atoms with van der Waals surface area (Å²) in [6.07, 6.45) is 2.25. The van der Waals surface area contributed by atoms with E-state index in [2.05, 4.69) is 15.3 Å². The Morgan fingerprint density at radius 1 is 1.22 bits per heavy atom. The molecule has 1 aromatic heterocycles. The number of hydrogen-bond acceptors (Lipinski definition) is 4. The lowest BCUT2D eigenvalue weighted by Crippen LogP contribution is -2.14. The molecular formula is C17H20FN3O2. The molecule has 0 unspecified atom stereocenters. The number of aryl methyl sites for hydroxylation is 2. The largest absolute Gasteiger partial charge is 0.421 e. The van der Waals surface area contributed by atoms with Crippen molar-refractivity contribution in [2.75, 3.05) is 5.32 Å². The number of carbonyl (C=O) groups is 1. The summed E-state index contributed by atoms with van der Waals surface area (Å²) in [7, 11) is 0. The van der Waals surface area contributed by atoms with Gasteiger partial charge in [0, 0.05) is 6.42 Å². The van der Waals surface area contributed by atoms with Crippen molar-refractivity contribution in [2.45, 2.75) is 40.0 Å². The number of aromatic nitrogens is 2. The summed E-state index contributed by atoms with van der Waals surface area (Å²) in [4.78, 5) is 20.2. The zero-order chi connectivity index (χ0) is 16.8. The Hall–Kier alpha value is -2.50. The molecule has 6 heteroatoms. The van der Waals surface area contributed by atoms with Gasteiger partial charge >= 0.3 is 6.01 Å². The highest BCUT2D eigenvalue weighted by molar-refractivity contribution is 5.91. The Labute approximate surface area is 134 Å². The van der Waals surface area contributed by atoms with E-state index in [0.717, 1.165) is 12.8 Å². The molecule has 1 amide bonds. The molecule has 0 aliphatic heterocycles. The van der Waals surface area contributed by atoms with E-state index in [0.29, 0.717) is 23.5 Å². The van der Waals surface area contributed by atoms with Crippen molar-refractivity contribution in [1.82, 2.24) is 9.97 Å². The number of nitrogens with one attached hydrogen (secondary N) is 1. The van der Waals surface area contributed by atoms with Crippen LogP contribution in [0.3, 0.4) is 0 Å². The van der Waals surface area contributed by atoms with Crippen LogP contribution >= 0.6 is 0 Å². The van der Waals surface area contributed by atoms with Crippen LogP contribution in [0.5, 0.6) is 11.8 Å². The van der Waals surface area contributed by atoms with Gasteiger partial charge in [0.15, 0.2) is 11.6 Å².